The molecule has 3 aromatic heterocycles. The lowest BCUT2D eigenvalue weighted by atomic mass is 9.96. The van der Waals surface area contributed by atoms with E-state index in [9.17, 15) is 0 Å². The zero-order valence-electron chi connectivity index (χ0n) is 12.9. The summed E-state index contributed by atoms with van der Waals surface area (Å²) in [7, 11) is 1.61. The Morgan fingerprint density at radius 3 is 2.87 bits per heavy atom. The summed E-state index contributed by atoms with van der Waals surface area (Å²) in [4.78, 5) is 6.53. The summed E-state index contributed by atoms with van der Waals surface area (Å²) >= 11 is 0. The molecule has 0 bridgehead atoms. The number of rotatable bonds is 4. The average molecular weight is 314 g/mol. The van der Waals surface area contributed by atoms with Crippen molar-refractivity contribution in [3.63, 3.8) is 0 Å². The molecule has 0 radical (unpaired) electrons. The van der Waals surface area contributed by atoms with Gasteiger partial charge in [0.1, 0.15) is 6.26 Å². The highest BCUT2D eigenvalue weighted by atomic mass is 16.5. The molecule has 1 saturated heterocycles. The molecule has 4 heterocycles. The van der Waals surface area contributed by atoms with Crippen molar-refractivity contribution in [2.45, 2.75) is 25.3 Å². The maximum absolute atomic E-state index is 5.32. The van der Waals surface area contributed by atoms with Crippen LogP contribution in [0.2, 0.25) is 0 Å². The topological polar surface area (TPSA) is 81.6 Å². The van der Waals surface area contributed by atoms with Gasteiger partial charge >= 0.3 is 0 Å². The summed E-state index contributed by atoms with van der Waals surface area (Å²) in [5, 5.41) is 13.0. The molecule has 0 spiro atoms. The summed E-state index contributed by atoms with van der Waals surface area (Å²) in [6.07, 6.45) is 5.33. The second-order valence-electron chi connectivity index (χ2n) is 5.68. The summed E-state index contributed by atoms with van der Waals surface area (Å²) in [5.41, 5.74) is 0.753. The summed E-state index contributed by atoms with van der Waals surface area (Å²) in [6, 6.07) is 3.67. The van der Waals surface area contributed by atoms with Crippen LogP contribution >= 0.6 is 0 Å². The Morgan fingerprint density at radius 1 is 1.26 bits per heavy atom. The normalized spacial score (nSPS) is 16.9. The molecule has 1 aliphatic heterocycles. The fraction of sp³-hybridized carbons (Fsp3) is 0.467. The molecule has 0 atom stereocenters. The van der Waals surface area contributed by atoms with Crippen LogP contribution in [0.15, 0.2) is 29.0 Å². The highest BCUT2D eigenvalue weighted by Gasteiger charge is 2.25. The number of hydrogen-bond acceptors (Lipinski definition) is 7. The molecule has 0 aromatic carbocycles. The lowest BCUT2D eigenvalue weighted by molar-refractivity contribution is 0.184. The molecule has 1 aliphatic rings. The number of likely N-dealkylation sites (tertiary alicyclic amines) is 1. The fourth-order valence-electron chi connectivity index (χ4n) is 3.02. The van der Waals surface area contributed by atoms with Gasteiger partial charge in [0, 0.05) is 12.0 Å². The van der Waals surface area contributed by atoms with Crippen LogP contribution in [0.1, 0.15) is 30.5 Å². The van der Waals surface area contributed by atoms with Gasteiger partial charge < -0.3 is 9.15 Å². The van der Waals surface area contributed by atoms with Crippen LogP contribution in [0, 0.1) is 0 Å². The first kappa shape index (κ1) is 14.1. The molecule has 0 amide bonds. The van der Waals surface area contributed by atoms with E-state index in [0.29, 0.717) is 11.8 Å². The molecule has 120 valence electrons. The van der Waals surface area contributed by atoms with Gasteiger partial charge in [-0.1, -0.05) is 0 Å². The van der Waals surface area contributed by atoms with Gasteiger partial charge in [0.2, 0.25) is 11.8 Å². The van der Waals surface area contributed by atoms with Gasteiger partial charge in [-0.2, -0.15) is 4.52 Å². The molecule has 23 heavy (non-hydrogen) atoms. The van der Waals surface area contributed by atoms with Gasteiger partial charge in [0.25, 0.3) is 0 Å². The number of hydrogen-bond donors (Lipinski definition) is 0. The zero-order valence-corrected chi connectivity index (χ0v) is 12.9. The Balaban J connectivity index is 1.47. The summed E-state index contributed by atoms with van der Waals surface area (Å²) in [5.74, 6) is 2.60. The van der Waals surface area contributed by atoms with Crippen molar-refractivity contribution in [3.8, 4) is 5.88 Å². The molecule has 8 nitrogen and oxygen atoms in total. The SMILES string of the molecule is COc1ccc2nnc(C3CCN(Cc4ncco4)CC3)n2n1. The molecule has 0 unspecified atom stereocenters. The number of ether oxygens (including phenoxy) is 1. The third-order valence-electron chi connectivity index (χ3n) is 4.27. The monoisotopic (exact) mass is 314 g/mol. The Bertz CT molecular complexity index is 776. The first-order valence-corrected chi connectivity index (χ1v) is 7.70. The number of fused-ring (bicyclic) bond motifs is 1. The third-order valence-corrected chi connectivity index (χ3v) is 4.27. The molecule has 1 fully saturated rings. The molecule has 3 aromatic rings. The second-order valence-corrected chi connectivity index (χ2v) is 5.68. The van der Waals surface area contributed by atoms with Crippen LogP contribution in [0.25, 0.3) is 5.65 Å². The summed E-state index contributed by atoms with van der Waals surface area (Å²) in [6.45, 7) is 2.71. The Kier molecular flexibility index (Phi) is 3.66. The third kappa shape index (κ3) is 2.77. The smallest absolute Gasteiger partial charge is 0.231 e. The van der Waals surface area contributed by atoms with Crippen LogP contribution in [0.4, 0.5) is 0 Å². The predicted octanol–water partition coefficient (Wildman–Crippen LogP) is 1.50. The van der Waals surface area contributed by atoms with Gasteiger partial charge in [-0.15, -0.1) is 15.3 Å². The number of nitrogens with zero attached hydrogens (tertiary/aromatic N) is 6. The molecule has 8 heteroatoms. The first-order chi connectivity index (χ1) is 11.3. The molecule has 0 aliphatic carbocycles. The van der Waals surface area contributed by atoms with Crippen molar-refractivity contribution < 1.29 is 9.15 Å². The van der Waals surface area contributed by atoms with Crippen LogP contribution in [-0.2, 0) is 6.54 Å². The minimum atomic E-state index is 0.352. The molecule has 0 saturated carbocycles. The lowest BCUT2D eigenvalue weighted by Gasteiger charge is -2.29. The Labute approximate surface area is 133 Å². The highest BCUT2D eigenvalue weighted by molar-refractivity contribution is 5.38. The molecule has 4 rings (SSSR count). The number of methoxy groups -OCH3 is 1. The standard InChI is InChI=1S/C15H18N6O2/c1-22-13-3-2-12-17-18-15(21(12)19-13)11-4-7-20(8-5-11)10-14-16-6-9-23-14/h2-3,6,9,11H,4-5,7-8,10H2,1H3. The lowest BCUT2D eigenvalue weighted by Crippen LogP contribution is -2.33. The Hall–Kier alpha value is -2.48. The van der Waals surface area contributed by atoms with Crippen LogP contribution < -0.4 is 4.74 Å². The van der Waals surface area contributed by atoms with E-state index in [-0.39, 0.29) is 0 Å². The average Bonchev–Trinajstić information content (AvgIpc) is 3.24. The van der Waals surface area contributed by atoms with Crippen molar-refractivity contribution in [3.05, 3.63) is 36.3 Å². The van der Waals surface area contributed by atoms with E-state index in [4.69, 9.17) is 9.15 Å². The van der Waals surface area contributed by atoms with Gasteiger partial charge in [-0.3, -0.25) is 4.90 Å². The van der Waals surface area contributed by atoms with E-state index in [2.05, 4.69) is 25.2 Å². The van der Waals surface area contributed by atoms with Crippen molar-refractivity contribution in [1.29, 1.82) is 0 Å². The van der Waals surface area contributed by atoms with Crippen molar-refractivity contribution in [1.82, 2.24) is 29.7 Å². The van der Waals surface area contributed by atoms with Gasteiger partial charge in [-0.25, -0.2) is 4.98 Å². The molecule has 0 N–H and O–H groups in total. The minimum absolute atomic E-state index is 0.352. The quantitative estimate of drug-likeness (QED) is 0.721. The van der Waals surface area contributed by atoms with Gasteiger partial charge in [-0.05, 0) is 32.0 Å². The van der Waals surface area contributed by atoms with Crippen LogP contribution in [0.3, 0.4) is 0 Å². The predicted molar refractivity (Wildman–Crippen MR) is 81.1 cm³/mol. The minimum Gasteiger partial charge on any atom is -0.480 e. The van der Waals surface area contributed by atoms with Crippen molar-refractivity contribution in [2.24, 2.45) is 0 Å². The van der Waals surface area contributed by atoms with E-state index in [0.717, 1.165) is 49.8 Å². The first-order valence-electron chi connectivity index (χ1n) is 7.70. The van der Waals surface area contributed by atoms with Gasteiger partial charge in [0.05, 0.1) is 19.9 Å². The maximum atomic E-state index is 5.32. The van der Waals surface area contributed by atoms with E-state index < -0.39 is 0 Å². The zero-order chi connectivity index (χ0) is 15.6. The highest BCUT2D eigenvalue weighted by Crippen LogP contribution is 2.27. The number of oxazole rings is 1. The molecular weight excluding hydrogens is 296 g/mol. The van der Waals surface area contributed by atoms with E-state index in [1.54, 1.807) is 30.2 Å². The van der Waals surface area contributed by atoms with Crippen LogP contribution in [-0.4, -0.2) is 49.9 Å². The van der Waals surface area contributed by atoms with Crippen LogP contribution in [0.5, 0.6) is 5.88 Å². The second kappa shape index (κ2) is 5.96. The van der Waals surface area contributed by atoms with Crippen molar-refractivity contribution >= 4 is 5.65 Å². The molecular formula is C15H18N6O2. The van der Waals surface area contributed by atoms with E-state index in [1.807, 2.05) is 6.07 Å². The van der Waals surface area contributed by atoms with E-state index >= 15 is 0 Å². The number of piperidine rings is 1. The fourth-order valence-corrected chi connectivity index (χ4v) is 3.02. The summed E-state index contributed by atoms with van der Waals surface area (Å²) < 4.78 is 12.3. The van der Waals surface area contributed by atoms with Crippen molar-refractivity contribution in [2.75, 3.05) is 20.2 Å². The van der Waals surface area contributed by atoms with E-state index in [1.165, 1.54) is 0 Å². The largest absolute Gasteiger partial charge is 0.480 e. The Morgan fingerprint density at radius 2 is 2.13 bits per heavy atom. The van der Waals surface area contributed by atoms with Gasteiger partial charge in [0.15, 0.2) is 11.5 Å². The number of aromatic nitrogens is 5. The maximum Gasteiger partial charge on any atom is 0.231 e.